The predicted octanol–water partition coefficient (Wildman–Crippen LogP) is 1.09. The summed E-state index contributed by atoms with van der Waals surface area (Å²) < 4.78 is 4.94. The highest BCUT2D eigenvalue weighted by Gasteiger charge is 2.23. The average Bonchev–Trinajstić information content (AvgIpc) is 2.88. The Balaban J connectivity index is 1.79. The molecule has 1 atom stereocenters. The Kier molecular flexibility index (Phi) is 4.43. The molecule has 0 spiro atoms. The van der Waals surface area contributed by atoms with Crippen LogP contribution in [0.15, 0.2) is 23.0 Å². The van der Waals surface area contributed by atoms with Gasteiger partial charge in [0.2, 0.25) is 5.91 Å². The van der Waals surface area contributed by atoms with Gasteiger partial charge >= 0.3 is 6.03 Å². The molecule has 0 radical (unpaired) electrons. The van der Waals surface area contributed by atoms with Gasteiger partial charge in [0.15, 0.2) is 0 Å². The van der Waals surface area contributed by atoms with Gasteiger partial charge in [-0.15, -0.1) is 0 Å². The van der Waals surface area contributed by atoms with Crippen molar-refractivity contribution >= 4 is 11.9 Å². The zero-order valence-corrected chi connectivity index (χ0v) is 11.0. The van der Waals surface area contributed by atoms with Crippen LogP contribution >= 0.6 is 0 Å². The molecule has 19 heavy (non-hydrogen) atoms. The Morgan fingerprint density at radius 2 is 2.37 bits per heavy atom. The van der Waals surface area contributed by atoms with E-state index in [1.165, 1.54) is 6.92 Å². The molecule has 104 valence electrons. The van der Waals surface area contributed by atoms with Gasteiger partial charge in [0.05, 0.1) is 12.5 Å². The standard InChI is InChI=1S/C13H19N3O3/c1-10(17)15-12-3-2-5-16(8-12)13(18)14-7-11-4-6-19-9-11/h4,6,9,12H,2-3,5,7-8H2,1H3,(H,14,18)(H,15,17). The van der Waals surface area contributed by atoms with Crippen molar-refractivity contribution in [2.75, 3.05) is 13.1 Å². The molecule has 2 N–H and O–H groups in total. The van der Waals surface area contributed by atoms with E-state index < -0.39 is 0 Å². The second-order valence-corrected chi connectivity index (χ2v) is 4.78. The van der Waals surface area contributed by atoms with Crippen LogP contribution in [0.25, 0.3) is 0 Å². The summed E-state index contributed by atoms with van der Waals surface area (Å²) in [6.07, 6.45) is 5.01. The van der Waals surface area contributed by atoms with Crippen LogP contribution in [-0.4, -0.2) is 36.0 Å². The first-order chi connectivity index (χ1) is 9.15. The van der Waals surface area contributed by atoms with Crippen molar-refractivity contribution in [1.82, 2.24) is 15.5 Å². The van der Waals surface area contributed by atoms with Gasteiger partial charge in [-0.05, 0) is 18.9 Å². The van der Waals surface area contributed by atoms with Crippen molar-refractivity contribution in [3.63, 3.8) is 0 Å². The number of carbonyl (C=O) groups excluding carboxylic acids is 2. The maximum Gasteiger partial charge on any atom is 0.317 e. The van der Waals surface area contributed by atoms with Gasteiger partial charge in [-0.3, -0.25) is 4.79 Å². The van der Waals surface area contributed by atoms with Crippen molar-refractivity contribution in [1.29, 1.82) is 0 Å². The number of urea groups is 1. The molecule has 0 aliphatic carbocycles. The highest BCUT2D eigenvalue weighted by atomic mass is 16.3. The number of rotatable bonds is 3. The van der Waals surface area contributed by atoms with Crippen LogP contribution in [0.4, 0.5) is 4.79 Å². The van der Waals surface area contributed by atoms with Crippen molar-refractivity contribution in [2.45, 2.75) is 32.4 Å². The van der Waals surface area contributed by atoms with Crippen LogP contribution in [-0.2, 0) is 11.3 Å². The van der Waals surface area contributed by atoms with Crippen LogP contribution in [0.5, 0.6) is 0 Å². The predicted molar refractivity (Wildman–Crippen MR) is 69.4 cm³/mol. The molecule has 2 heterocycles. The van der Waals surface area contributed by atoms with Crippen LogP contribution in [0.1, 0.15) is 25.3 Å². The molecule has 1 aromatic heterocycles. The van der Waals surface area contributed by atoms with Gasteiger partial charge in [0, 0.05) is 38.2 Å². The molecule has 1 aromatic rings. The number of furan rings is 1. The molecule has 0 saturated carbocycles. The van der Waals surface area contributed by atoms with E-state index in [-0.39, 0.29) is 18.0 Å². The Labute approximate surface area is 112 Å². The van der Waals surface area contributed by atoms with E-state index in [1.54, 1.807) is 17.4 Å². The fourth-order valence-corrected chi connectivity index (χ4v) is 2.25. The molecule has 1 unspecified atom stereocenters. The van der Waals surface area contributed by atoms with E-state index >= 15 is 0 Å². The fraction of sp³-hybridized carbons (Fsp3) is 0.538. The number of nitrogens with zero attached hydrogens (tertiary/aromatic N) is 1. The highest BCUT2D eigenvalue weighted by molar-refractivity contribution is 5.75. The lowest BCUT2D eigenvalue weighted by Crippen LogP contribution is -2.51. The number of hydrogen-bond acceptors (Lipinski definition) is 3. The summed E-state index contributed by atoms with van der Waals surface area (Å²) in [6.45, 7) is 3.25. The largest absolute Gasteiger partial charge is 0.472 e. The molecule has 1 aliphatic rings. The Morgan fingerprint density at radius 1 is 1.53 bits per heavy atom. The SMILES string of the molecule is CC(=O)NC1CCCN(C(=O)NCc2ccoc2)C1. The molecule has 1 fully saturated rings. The van der Waals surface area contributed by atoms with Gasteiger partial charge in [0.25, 0.3) is 0 Å². The minimum absolute atomic E-state index is 0.0503. The van der Waals surface area contributed by atoms with E-state index in [1.807, 2.05) is 6.07 Å². The summed E-state index contributed by atoms with van der Waals surface area (Å²) in [6, 6.07) is 1.78. The number of nitrogens with one attached hydrogen (secondary N) is 2. The van der Waals surface area contributed by atoms with Crippen molar-refractivity contribution < 1.29 is 14.0 Å². The summed E-state index contributed by atoms with van der Waals surface area (Å²) in [5.74, 6) is -0.0503. The molecule has 3 amide bonds. The Hall–Kier alpha value is -1.98. The molecule has 6 nitrogen and oxygen atoms in total. The summed E-state index contributed by atoms with van der Waals surface area (Å²) in [5, 5.41) is 5.70. The summed E-state index contributed by atoms with van der Waals surface area (Å²) >= 11 is 0. The molecule has 2 rings (SSSR count). The molecule has 1 aliphatic heterocycles. The second kappa shape index (κ2) is 6.26. The molecular formula is C13H19N3O3. The lowest BCUT2D eigenvalue weighted by Gasteiger charge is -2.32. The third-order valence-corrected chi connectivity index (χ3v) is 3.14. The summed E-state index contributed by atoms with van der Waals surface area (Å²) in [4.78, 5) is 24.8. The third-order valence-electron chi connectivity index (χ3n) is 3.14. The quantitative estimate of drug-likeness (QED) is 0.859. The lowest BCUT2D eigenvalue weighted by atomic mass is 10.1. The summed E-state index contributed by atoms with van der Waals surface area (Å²) in [5.41, 5.74) is 0.934. The van der Waals surface area contributed by atoms with Crippen molar-refractivity contribution in [2.24, 2.45) is 0 Å². The van der Waals surface area contributed by atoms with E-state index in [0.29, 0.717) is 13.1 Å². The topological polar surface area (TPSA) is 74.6 Å². The summed E-state index contributed by atoms with van der Waals surface area (Å²) in [7, 11) is 0. The van der Waals surface area contributed by atoms with Crippen LogP contribution in [0.2, 0.25) is 0 Å². The number of hydrogen-bond donors (Lipinski definition) is 2. The highest BCUT2D eigenvalue weighted by Crippen LogP contribution is 2.10. The van der Waals surface area contributed by atoms with Gasteiger partial charge in [0.1, 0.15) is 0 Å². The normalized spacial score (nSPS) is 19.0. The maximum absolute atomic E-state index is 12.0. The van der Waals surface area contributed by atoms with E-state index in [0.717, 1.165) is 24.9 Å². The average molecular weight is 265 g/mol. The van der Waals surface area contributed by atoms with Gasteiger partial charge in [-0.2, -0.15) is 0 Å². The third kappa shape index (κ3) is 4.01. The minimum Gasteiger partial charge on any atom is -0.472 e. The first kappa shape index (κ1) is 13.5. The lowest BCUT2D eigenvalue weighted by molar-refractivity contribution is -0.119. The monoisotopic (exact) mass is 265 g/mol. The van der Waals surface area contributed by atoms with Crippen molar-refractivity contribution in [3.05, 3.63) is 24.2 Å². The van der Waals surface area contributed by atoms with Crippen LogP contribution in [0, 0.1) is 0 Å². The molecular weight excluding hydrogens is 246 g/mol. The van der Waals surface area contributed by atoms with Crippen molar-refractivity contribution in [3.8, 4) is 0 Å². The molecule has 0 bridgehead atoms. The smallest absolute Gasteiger partial charge is 0.317 e. The maximum atomic E-state index is 12.0. The number of amides is 3. The van der Waals surface area contributed by atoms with Gasteiger partial charge < -0.3 is 20.0 Å². The van der Waals surface area contributed by atoms with E-state index in [4.69, 9.17) is 4.42 Å². The Morgan fingerprint density at radius 3 is 3.05 bits per heavy atom. The van der Waals surface area contributed by atoms with Gasteiger partial charge in [-0.1, -0.05) is 0 Å². The van der Waals surface area contributed by atoms with Gasteiger partial charge in [-0.25, -0.2) is 4.79 Å². The number of likely N-dealkylation sites (tertiary alicyclic amines) is 1. The fourth-order valence-electron chi connectivity index (χ4n) is 2.25. The van der Waals surface area contributed by atoms with Crippen LogP contribution < -0.4 is 10.6 Å². The molecule has 6 heteroatoms. The minimum atomic E-state index is -0.101. The Bertz CT molecular complexity index is 430. The molecule has 1 saturated heterocycles. The molecule has 0 aromatic carbocycles. The zero-order valence-electron chi connectivity index (χ0n) is 11.0. The van der Waals surface area contributed by atoms with E-state index in [9.17, 15) is 9.59 Å². The zero-order chi connectivity index (χ0) is 13.7. The second-order valence-electron chi connectivity index (χ2n) is 4.78. The first-order valence-corrected chi connectivity index (χ1v) is 6.46. The van der Waals surface area contributed by atoms with Crippen LogP contribution in [0.3, 0.4) is 0 Å². The first-order valence-electron chi connectivity index (χ1n) is 6.46. The number of piperidine rings is 1. The van der Waals surface area contributed by atoms with E-state index in [2.05, 4.69) is 10.6 Å². The number of carbonyl (C=O) groups is 2.